The maximum atomic E-state index is 13.2. The van der Waals surface area contributed by atoms with Gasteiger partial charge >= 0.3 is 0 Å². The molecule has 4 rings (SSSR count). The minimum atomic E-state index is -0.757. The second kappa shape index (κ2) is 9.18. The highest BCUT2D eigenvalue weighted by molar-refractivity contribution is 7.10. The number of hydrogen-bond donors (Lipinski definition) is 1. The van der Waals surface area contributed by atoms with Gasteiger partial charge < -0.3 is 9.84 Å². The summed E-state index contributed by atoms with van der Waals surface area (Å²) < 4.78 is 5.67. The van der Waals surface area contributed by atoms with E-state index >= 15 is 0 Å². The fourth-order valence-corrected chi connectivity index (χ4v) is 4.76. The maximum absolute atomic E-state index is 13.2. The number of nitrogens with zero attached hydrogens (tertiary/aromatic N) is 1. The molecule has 164 valence electrons. The Bertz CT molecular complexity index is 1200. The number of hydrogen-bond acceptors (Lipinski definition) is 5. The molecule has 1 aliphatic rings. The van der Waals surface area contributed by atoms with Crippen molar-refractivity contribution >= 4 is 46.1 Å². The van der Waals surface area contributed by atoms with Crippen LogP contribution in [0.1, 0.15) is 35.4 Å². The summed E-state index contributed by atoms with van der Waals surface area (Å²) in [5.41, 5.74) is 1.69. The molecular weight excluding hydrogens is 446 g/mol. The Morgan fingerprint density at radius 3 is 2.66 bits per heavy atom. The SMILES string of the molecule is CCCOc1cccc(/C(O)=C2/C(=O)C(=O)N(c3cccc(Cl)c3C)C2c2cccs2)c1. The fourth-order valence-electron chi connectivity index (χ4n) is 3.76. The van der Waals surface area contributed by atoms with Crippen LogP contribution in [0, 0.1) is 6.92 Å². The Hall–Kier alpha value is -3.09. The number of rotatable bonds is 6. The highest BCUT2D eigenvalue weighted by Gasteiger charge is 2.47. The minimum absolute atomic E-state index is 0.0458. The van der Waals surface area contributed by atoms with Crippen LogP contribution < -0.4 is 9.64 Å². The van der Waals surface area contributed by atoms with Gasteiger partial charge in [-0.3, -0.25) is 14.5 Å². The van der Waals surface area contributed by atoms with E-state index in [1.807, 2.05) is 24.4 Å². The van der Waals surface area contributed by atoms with Crippen molar-refractivity contribution in [2.75, 3.05) is 11.5 Å². The summed E-state index contributed by atoms with van der Waals surface area (Å²) in [6.45, 7) is 4.35. The zero-order valence-corrected chi connectivity index (χ0v) is 19.2. The van der Waals surface area contributed by atoms with E-state index in [0.29, 0.717) is 34.2 Å². The number of ether oxygens (including phenoxy) is 1. The molecule has 0 saturated carbocycles. The Morgan fingerprint density at radius 2 is 1.94 bits per heavy atom. The van der Waals surface area contributed by atoms with Crippen molar-refractivity contribution in [3.8, 4) is 5.75 Å². The van der Waals surface area contributed by atoms with Gasteiger partial charge in [-0.05, 0) is 54.6 Å². The van der Waals surface area contributed by atoms with E-state index in [9.17, 15) is 14.7 Å². The van der Waals surface area contributed by atoms with Crippen LogP contribution in [0.2, 0.25) is 5.02 Å². The molecule has 0 spiro atoms. The first-order chi connectivity index (χ1) is 15.4. The van der Waals surface area contributed by atoms with Crippen molar-refractivity contribution in [1.29, 1.82) is 0 Å². The molecule has 1 saturated heterocycles. The molecule has 1 N–H and O–H groups in total. The molecule has 1 amide bonds. The topological polar surface area (TPSA) is 66.8 Å². The average molecular weight is 468 g/mol. The van der Waals surface area contributed by atoms with Crippen molar-refractivity contribution in [3.63, 3.8) is 0 Å². The largest absolute Gasteiger partial charge is 0.507 e. The average Bonchev–Trinajstić information content (AvgIpc) is 3.41. The fraction of sp³-hybridized carbons (Fsp3) is 0.200. The van der Waals surface area contributed by atoms with Gasteiger partial charge in [0.1, 0.15) is 17.6 Å². The summed E-state index contributed by atoms with van der Waals surface area (Å²) in [4.78, 5) is 28.6. The number of thiophene rings is 1. The van der Waals surface area contributed by atoms with Crippen LogP contribution in [0.5, 0.6) is 5.75 Å². The highest BCUT2D eigenvalue weighted by atomic mass is 35.5. The second-order valence-corrected chi connectivity index (χ2v) is 8.83. The number of carbonyl (C=O) groups is 2. The van der Waals surface area contributed by atoms with Gasteiger partial charge in [0, 0.05) is 21.2 Å². The quantitative estimate of drug-likeness (QED) is 0.269. The van der Waals surface area contributed by atoms with Crippen molar-refractivity contribution in [1.82, 2.24) is 0 Å². The molecule has 2 aromatic carbocycles. The number of ketones is 1. The predicted molar refractivity (Wildman–Crippen MR) is 128 cm³/mol. The van der Waals surface area contributed by atoms with E-state index in [1.54, 1.807) is 49.4 Å². The first kappa shape index (κ1) is 22.1. The Balaban J connectivity index is 1.89. The second-order valence-electron chi connectivity index (χ2n) is 7.44. The van der Waals surface area contributed by atoms with E-state index in [0.717, 1.165) is 11.3 Å². The smallest absolute Gasteiger partial charge is 0.300 e. The lowest BCUT2D eigenvalue weighted by Gasteiger charge is -2.26. The van der Waals surface area contributed by atoms with Gasteiger partial charge in [0.25, 0.3) is 11.7 Å². The monoisotopic (exact) mass is 467 g/mol. The summed E-state index contributed by atoms with van der Waals surface area (Å²) in [7, 11) is 0. The van der Waals surface area contributed by atoms with E-state index in [2.05, 4.69) is 0 Å². The molecule has 3 aromatic rings. The molecule has 2 heterocycles. The summed E-state index contributed by atoms with van der Waals surface area (Å²) in [6.07, 6.45) is 0.846. The van der Waals surface area contributed by atoms with Gasteiger partial charge in [0.05, 0.1) is 12.2 Å². The van der Waals surface area contributed by atoms with Gasteiger partial charge in [-0.15, -0.1) is 11.3 Å². The molecule has 1 aliphatic heterocycles. The van der Waals surface area contributed by atoms with Crippen molar-refractivity contribution in [2.45, 2.75) is 26.3 Å². The number of benzene rings is 2. The minimum Gasteiger partial charge on any atom is -0.507 e. The molecular formula is C25H22ClNO4S. The molecule has 1 fully saturated rings. The van der Waals surface area contributed by atoms with Gasteiger partial charge in [0.2, 0.25) is 0 Å². The van der Waals surface area contributed by atoms with E-state index in [-0.39, 0.29) is 11.3 Å². The number of carbonyl (C=O) groups excluding carboxylic acids is 2. The molecule has 0 bridgehead atoms. The highest BCUT2D eigenvalue weighted by Crippen LogP contribution is 2.45. The van der Waals surface area contributed by atoms with Crippen molar-refractivity contribution < 1.29 is 19.4 Å². The third kappa shape index (κ3) is 3.92. The van der Waals surface area contributed by atoms with E-state index < -0.39 is 17.7 Å². The number of amides is 1. The molecule has 7 heteroatoms. The number of anilines is 1. The molecule has 0 aliphatic carbocycles. The standard InChI is InChI=1S/C25H22ClNO4S/c1-3-12-31-17-8-4-7-16(14-17)23(28)21-22(20-11-6-13-32-20)27(25(30)24(21)29)19-10-5-9-18(26)15(19)2/h4-11,13-14,22,28H,3,12H2,1-2H3/b23-21-. The van der Waals surface area contributed by atoms with Crippen LogP contribution >= 0.6 is 22.9 Å². The lowest BCUT2D eigenvalue weighted by molar-refractivity contribution is -0.132. The molecule has 32 heavy (non-hydrogen) atoms. The van der Waals surface area contributed by atoms with Crippen LogP contribution in [-0.4, -0.2) is 23.4 Å². The summed E-state index contributed by atoms with van der Waals surface area (Å²) in [5.74, 6) is -1.08. The van der Waals surface area contributed by atoms with Crippen molar-refractivity contribution in [2.24, 2.45) is 0 Å². The third-order valence-electron chi connectivity index (χ3n) is 5.34. The van der Waals surface area contributed by atoms with Crippen LogP contribution in [0.25, 0.3) is 5.76 Å². The van der Waals surface area contributed by atoms with Gasteiger partial charge in [0.15, 0.2) is 0 Å². The van der Waals surface area contributed by atoms with Gasteiger partial charge in [-0.2, -0.15) is 0 Å². The van der Waals surface area contributed by atoms with Crippen LogP contribution in [-0.2, 0) is 9.59 Å². The number of aliphatic hydroxyl groups excluding tert-OH is 1. The van der Waals surface area contributed by atoms with Crippen molar-refractivity contribution in [3.05, 3.63) is 86.6 Å². The van der Waals surface area contributed by atoms with Crippen LogP contribution in [0.4, 0.5) is 5.69 Å². The lowest BCUT2D eigenvalue weighted by Crippen LogP contribution is -2.29. The predicted octanol–water partition coefficient (Wildman–Crippen LogP) is 6.13. The lowest BCUT2D eigenvalue weighted by atomic mass is 9.99. The first-order valence-electron chi connectivity index (χ1n) is 10.3. The maximum Gasteiger partial charge on any atom is 0.300 e. The number of halogens is 1. The van der Waals surface area contributed by atoms with Gasteiger partial charge in [-0.1, -0.05) is 42.8 Å². The van der Waals surface area contributed by atoms with Crippen LogP contribution in [0.15, 0.2) is 65.6 Å². The molecule has 1 aromatic heterocycles. The third-order valence-corrected chi connectivity index (χ3v) is 6.67. The molecule has 0 radical (unpaired) electrons. The van der Waals surface area contributed by atoms with E-state index in [4.69, 9.17) is 16.3 Å². The summed E-state index contributed by atoms with van der Waals surface area (Å²) in [5, 5.41) is 13.6. The Morgan fingerprint density at radius 1 is 1.16 bits per heavy atom. The Kier molecular flexibility index (Phi) is 6.35. The zero-order chi connectivity index (χ0) is 22.8. The number of aliphatic hydroxyl groups is 1. The summed E-state index contributed by atoms with van der Waals surface area (Å²) in [6, 6.07) is 15.1. The summed E-state index contributed by atoms with van der Waals surface area (Å²) >= 11 is 7.72. The molecule has 1 unspecified atom stereocenters. The first-order valence-corrected chi connectivity index (χ1v) is 11.5. The van der Waals surface area contributed by atoms with E-state index in [1.165, 1.54) is 16.2 Å². The van der Waals surface area contributed by atoms with Gasteiger partial charge in [-0.25, -0.2) is 0 Å². The molecule has 1 atom stereocenters. The Labute approximate surface area is 195 Å². The van der Waals surface area contributed by atoms with Crippen LogP contribution in [0.3, 0.4) is 0 Å². The molecule has 5 nitrogen and oxygen atoms in total. The number of Topliss-reactive ketones (excluding diaryl/α,β-unsaturated/α-hetero) is 1. The zero-order valence-electron chi connectivity index (χ0n) is 17.7. The normalized spacial score (nSPS) is 17.7.